The first-order chi connectivity index (χ1) is 6.75. The molecule has 3 nitrogen and oxygen atoms in total. The molecule has 1 rings (SSSR count). The molecule has 0 radical (unpaired) electrons. The van der Waals surface area contributed by atoms with Gasteiger partial charge in [-0.2, -0.15) is 0 Å². The Morgan fingerprint density at radius 2 is 2.14 bits per heavy atom. The summed E-state index contributed by atoms with van der Waals surface area (Å²) in [5, 5.41) is 1.13. The minimum absolute atomic E-state index is 0.0923. The largest absolute Gasteiger partial charge is 0.277 e. The van der Waals surface area contributed by atoms with Gasteiger partial charge in [0.2, 0.25) is 0 Å². The second-order valence-corrected chi connectivity index (χ2v) is 2.65. The topological polar surface area (TPSA) is 29.5 Å². The van der Waals surface area contributed by atoms with Gasteiger partial charge in [0.25, 0.3) is 5.91 Å². The van der Waals surface area contributed by atoms with E-state index in [1.54, 1.807) is 24.3 Å². The number of hydrogen-bond donors (Lipinski definition) is 0. The summed E-state index contributed by atoms with van der Waals surface area (Å²) in [5.74, 6) is 2.08. The van der Waals surface area contributed by atoms with Gasteiger partial charge in [-0.1, -0.05) is 24.1 Å². The van der Waals surface area contributed by atoms with Gasteiger partial charge in [0.15, 0.2) is 0 Å². The van der Waals surface area contributed by atoms with Gasteiger partial charge in [-0.25, -0.2) is 5.06 Å². The highest BCUT2D eigenvalue weighted by Crippen LogP contribution is 2.02. The standard InChI is InChI=1S/C11H11NO2/c1-3-9-14-12(2)11(13)10-7-5-4-6-8-10/h1,4-8H,9H2,2H3. The lowest BCUT2D eigenvalue weighted by Gasteiger charge is -2.14. The number of rotatable bonds is 3. The van der Waals surface area contributed by atoms with Crippen molar-refractivity contribution in [2.24, 2.45) is 0 Å². The quantitative estimate of drug-likeness (QED) is 0.530. The van der Waals surface area contributed by atoms with Gasteiger partial charge in [-0.15, -0.1) is 6.42 Å². The van der Waals surface area contributed by atoms with Gasteiger partial charge < -0.3 is 0 Å². The van der Waals surface area contributed by atoms with E-state index < -0.39 is 0 Å². The smallest absolute Gasteiger partial charge is 0.267 e. The highest BCUT2D eigenvalue weighted by Gasteiger charge is 2.10. The van der Waals surface area contributed by atoms with Crippen LogP contribution in [0.2, 0.25) is 0 Å². The van der Waals surface area contributed by atoms with E-state index in [2.05, 4.69) is 5.92 Å². The first kappa shape index (κ1) is 10.3. The summed E-state index contributed by atoms with van der Waals surface area (Å²) >= 11 is 0. The molecule has 1 aromatic rings. The molecule has 0 heterocycles. The number of terminal acetylenes is 1. The Balaban J connectivity index is 2.63. The van der Waals surface area contributed by atoms with Crippen LogP contribution in [0.4, 0.5) is 0 Å². The Bertz CT molecular complexity index is 340. The van der Waals surface area contributed by atoms with Crippen LogP contribution in [-0.2, 0) is 4.84 Å². The first-order valence-corrected chi connectivity index (χ1v) is 4.15. The van der Waals surface area contributed by atoms with E-state index in [-0.39, 0.29) is 12.5 Å². The van der Waals surface area contributed by atoms with Crippen LogP contribution < -0.4 is 0 Å². The summed E-state index contributed by atoms with van der Waals surface area (Å²) in [4.78, 5) is 16.5. The molecule has 0 aliphatic rings. The first-order valence-electron chi connectivity index (χ1n) is 4.15. The van der Waals surface area contributed by atoms with Crippen molar-refractivity contribution in [3.05, 3.63) is 35.9 Å². The maximum atomic E-state index is 11.6. The molecular weight excluding hydrogens is 178 g/mol. The van der Waals surface area contributed by atoms with E-state index in [1.807, 2.05) is 6.07 Å². The van der Waals surface area contributed by atoms with Crippen molar-refractivity contribution >= 4 is 5.91 Å². The van der Waals surface area contributed by atoms with Crippen LogP contribution in [0.1, 0.15) is 10.4 Å². The molecule has 0 aromatic heterocycles. The predicted molar refractivity (Wildman–Crippen MR) is 53.3 cm³/mol. The van der Waals surface area contributed by atoms with Crippen LogP contribution in [0, 0.1) is 12.3 Å². The molecule has 3 heteroatoms. The molecule has 14 heavy (non-hydrogen) atoms. The van der Waals surface area contributed by atoms with Gasteiger partial charge in [-0.05, 0) is 12.1 Å². The number of carbonyl (C=O) groups is 1. The Morgan fingerprint density at radius 3 is 2.71 bits per heavy atom. The lowest BCUT2D eigenvalue weighted by molar-refractivity contribution is -0.0910. The summed E-state index contributed by atoms with van der Waals surface area (Å²) in [7, 11) is 1.53. The molecule has 0 spiro atoms. The van der Waals surface area contributed by atoms with E-state index in [1.165, 1.54) is 7.05 Å². The molecule has 0 bridgehead atoms. The summed E-state index contributed by atoms with van der Waals surface area (Å²) in [5.41, 5.74) is 0.576. The molecule has 0 atom stereocenters. The molecule has 0 saturated heterocycles. The van der Waals surface area contributed by atoms with Crippen LogP contribution in [0.5, 0.6) is 0 Å². The number of amides is 1. The molecular formula is C11H11NO2. The third-order valence-corrected chi connectivity index (χ3v) is 1.65. The van der Waals surface area contributed by atoms with E-state index in [4.69, 9.17) is 11.3 Å². The SMILES string of the molecule is C#CCON(C)C(=O)c1ccccc1. The number of hydroxylamine groups is 2. The maximum absolute atomic E-state index is 11.6. The summed E-state index contributed by atoms with van der Waals surface area (Å²) in [6, 6.07) is 8.87. The average Bonchev–Trinajstić information content (AvgIpc) is 2.26. The van der Waals surface area contributed by atoms with E-state index >= 15 is 0 Å². The normalized spacial score (nSPS) is 9.14. The molecule has 0 unspecified atom stereocenters. The van der Waals surface area contributed by atoms with Crippen molar-refractivity contribution in [3.8, 4) is 12.3 Å². The zero-order chi connectivity index (χ0) is 10.4. The lowest BCUT2D eigenvalue weighted by Crippen LogP contribution is -2.27. The Kier molecular flexibility index (Phi) is 3.71. The van der Waals surface area contributed by atoms with Gasteiger partial charge in [0.05, 0.1) is 0 Å². The lowest BCUT2D eigenvalue weighted by atomic mass is 10.2. The van der Waals surface area contributed by atoms with Crippen molar-refractivity contribution in [2.75, 3.05) is 13.7 Å². The minimum Gasteiger partial charge on any atom is -0.267 e. The van der Waals surface area contributed by atoms with Gasteiger partial charge in [0, 0.05) is 12.6 Å². The van der Waals surface area contributed by atoms with Crippen molar-refractivity contribution in [1.29, 1.82) is 0 Å². The Labute approximate surface area is 83.2 Å². The average molecular weight is 189 g/mol. The summed E-state index contributed by atoms with van der Waals surface area (Å²) in [6.45, 7) is 0.0923. The van der Waals surface area contributed by atoms with Crippen molar-refractivity contribution < 1.29 is 9.63 Å². The molecule has 72 valence electrons. The van der Waals surface area contributed by atoms with Gasteiger partial charge >= 0.3 is 0 Å². The van der Waals surface area contributed by atoms with E-state index in [9.17, 15) is 4.79 Å². The second kappa shape index (κ2) is 5.05. The molecule has 0 aliphatic heterocycles. The van der Waals surface area contributed by atoms with Gasteiger partial charge in [0.1, 0.15) is 6.61 Å². The predicted octanol–water partition coefficient (Wildman–Crippen LogP) is 1.32. The highest BCUT2D eigenvalue weighted by molar-refractivity contribution is 5.93. The summed E-state index contributed by atoms with van der Waals surface area (Å²) < 4.78 is 0. The Hall–Kier alpha value is -1.79. The molecule has 0 N–H and O–H groups in total. The zero-order valence-corrected chi connectivity index (χ0v) is 7.93. The fourth-order valence-corrected chi connectivity index (χ4v) is 0.955. The van der Waals surface area contributed by atoms with E-state index in [0.29, 0.717) is 5.56 Å². The van der Waals surface area contributed by atoms with Crippen LogP contribution in [0.15, 0.2) is 30.3 Å². The van der Waals surface area contributed by atoms with Crippen molar-refractivity contribution in [3.63, 3.8) is 0 Å². The third-order valence-electron chi connectivity index (χ3n) is 1.65. The molecule has 0 fully saturated rings. The molecule has 0 aliphatic carbocycles. The number of carbonyl (C=O) groups excluding carboxylic acids is 1. The minimum atomic E-state index is -0.208. The summed E-state index contributed by atoms with van der Waals surface area (Å²) in [6.07, 6.45) is 5.00. The second-order valence-electron chi connectivity index (χ2n) is 2.65. The number of benzene rings is 1. The van der Waals surface area contributed by atoms with Gasteiger partial charge in [-0.3, -0.25) is 9.63 Å². The number of hydrogen-bond acceptors (Lipinski definition) is 2. The van der Waals surface area contributed by atoms with E-state index in [0.717, 1.165) is 5.06 Å². The zero-order valence-electron chi connectivity index (χ0n) is 7.93. The molecule has 1 amide bonds. The fraction of sp³-hybridized carbons (Fsp3) is 0.182. The van der Waals surface area contributed by atoms with Crippen LogP contribution in [0.25, 0.3) is 0 Å². The Morgan fingerprint density at radius 1 is 1.50 bits per heavy atom. The third kappa shape index (κ3) is 2.61. The number of nitrogens with zero attached hydrogens (tertiary/aromatic N) is 1. The van der Waals surface area contributed by atoms with Crippen LogP contribution in [0.3, 0.4) is 0 Å². The maximum Gasteiger partial charge on any atom is 0.277 e. The van der Waals surface area contributed by atoms with Crippen molar-refractivity contribution in [2.45, 2.75) is 0 Å². The molecule has 0 saturated carbocycles. The molecule has 1 aromatic carbocycles. The monoisotopic (exact) mass is 189 g/mol. The fourth-order valence-electron chi connectivity index (χ4n) is 0.955. The van der Waals surface area contributed by atoms with Crippen LogP contribution in [-0.4, -0.2) is 24.6 Å². The highest BCUT2D eigenvalue weighted by atomic mass is 16.7. The van der Waals surface area contributed by atoms with Crippen LogP contribution >= 0.6 is 0 Å². The van der Waals surface area contributed by atoms with Crippen molar-refractivity contribution in [1.82, 2.24) is 5.06 Å².